The van der Waals surface area contributed by atoms with Crippen molar-refractivity contribution in [3.8, 4) is 11.5 Å². The molecule has 2 unspecified atom stereocenters. The minimum absolute atomic E-state index is 0.244. The third kappa shape index (κ3) is 2.39. The molecule has 1 amide bonds. The van der Waals surface area contributed by atoms with E-state index in [0.29, 0.717) is 12.5 Å². The Kier molecular flexibility index (Phi) is 3.09. The van der Waals surface area contributed by atoms with Gasteiger partial charge in [-0.2, -0.15) is 0 Å². The van der Waals surface area contributed by atoms with Gasteiger partial charge in [-0.1, -0.05) is 13.0 Å². The molecule has 1 aromatic rings. The molecule has 1 fully saturated rings. The molecule has 4 nitrogen and oxygen atoms in total. The van der Waals surface area contributed by atoms with Gasteiger partial charge in [-0.3, -0.25) is 4.79 Å². The van der Waals surface area contributed by atoms with E-state index in [1.807, 2.05) is 30.0 Å². The average molecular weight is 261 g/mol. The molecule has 0 radical (unpaired) electrons. The molecule has 2 atom stereocenters. The van der Waals surface area contributed by atoms with Gasteiger partial charge in [-0.15, -0.1) is 0 Å². The Bertz CT molecular complexity index is 500. The minimum Gasteiger partial charge on any atom is -0.454 e. The fourth-order valence-corrected chi connectivity index (χ4v) is 2.51. The standard InChI is InChI=1S/C15H19NO3/c1-3-16(15(17)12-6-10(12)2)8-11-4-5-13-14(7-11)19-9-18-13/h4-5,7,10,12H,3,6,8-9H2,1-2H3. The maximum Gasteiger partial charge on any atom is 0.231 e. The quantitative estimate of drug-likeness (QED) is 0.835. The summed E-state index contributed by atoms with van der Waals surface area (Å²) in [6.07, 6.45) is 1.04. The van der Waals surface area contributed by atoms with E-state index in [2.05, 4.69) is 6.92 Å². The number of ether oxygens (including phenoxy) is 2. The van der Waals surface area contributed by atoms with Crippen molar-refractivity contribution in [2.24, 2.45) is 11.8 Å². The van der Waals surface area contributed by atoms with E-state index >= 15 is 0 Å². The number of rotatable bonds is 4. The second-order valence-corrected chi connectivity index (χ2v) is 5.36. The summed E-state index contributed by atoms with van der Waals surface area (Å²) < 4.78 is 10.7. The summed E-state index contributed by atoms with van der Waals surface area (Å²) in [7, 11) is 0. The Hall–Kier alpha value is -1.71. The van der Waals surface area contributed by atoms with Gasteiger partial charge in [0, 0.05) is 19.0 Å². The first kappa shape index (κ1) is 12.3. The molecule has 1 heterocycles. The first-order valence-corrected chi connectivity index (χ1v) is 6.86. The molecule has 0 N–H and O–H groups in total. The van der Waals surface area contributed by atoms with Crippen LogP contribution in [0.5, 0.6) is 11.5 Å². The summed E-state index contributed by atoms with van der Waals surface area (Å²) in [5.74, 6) is 2.65. The second kappa shape index (κ2) is 4.76. The Morgan fingerprint density at radius 3 is 2.79 bits per heavy atom. The van der Waals surface area contributed by atoms with Crippen molar-refractivity contribution < 1.29 is 14.3 Å². The van der Waals surface area contributed by atoms with Crippen LogP contribution < -0.4 is 9.47 Å². The van der Waals surface area contributed by atoms with Gasteiger partial charge in [-0.05, 0) is 37.0 Å². The number of hydrogen-bond acceptors (Lipinski definition) is 3. The molecule has 1 saturated carbocycles. The normalized spacial score (nSPS) is 23.3. The summed E-state index contributed by atoms with van der Waals surface area (Å²) in [5.41, 5.74) is 1.09. The van der Waals surface area contributed by atoms with Crippen LogP contribution in [-0.4, -0.2) is 24.1 Å². The van der Waals surface area contributed by atoms with E-state index in [9.17, 15) is 4.79 Å². The highest BCUT2D eigenvalue weighted by Gasteiger charge is 2.41. The number of fused-ring (bicyclic) bond motifs is 1. The first-order chi connectivity index (χ1) is 9.19. The van der Waals surface area contributed by atoms with Crippen molar-refractivity contribution in [3.63, 3.8) is 0 Å². The van der Waals surface area contributed by atoms with Gasteiger partial charge in [0.2, 0.25) is 12.7 Å². The van der Waals surface area contributed by atoms with Crippen LogP contribution in [0.1, 0.15) is 25.8 Å². The molecule has 4 heteroatoms. The Morgan fingerprint density at radius 1 is 1.37 bits per heavy atom. The zero-order chi connectivity index (χ0) is 13.4. The van der Waals surface area contributed by atoms with Crippen molar-refractivity contribution in [2.45, 2.75) is 26.8 Å². The summed E-state index contributed by atoms with van der Waals surface area (Å²) in [5, 5.41) is 0. The van der Waals surface area contributed by atoms with E-state index in [-0.39, 0.29) is 18.6 Å². The maximum atomic E-state index is 12.3. The number of hydrogen-bond donors (Lipinski definition) is 0. The summed E-state index contributed by atoms with van der Waals surface area (Å²) in [6, 6.07) is 5.88. The van der Waals surface area contributed by atoms with Gasteiger partial charge >= 0.3 is 0 Å². The van der Waals surface area contributed by atoms with Gasteiger partial charge in [0.05, 0.1) is 0 Å². The van der Waals surface area contributed by atoms with Gasteiger partial charge < -0.3 is 14.4 Å². The molecule has 102 valence electrons. The highest BCUT2D eigenvalue weighted by atomic mass is 16.7. The average Bonchev–Trinajstić information content (AvgIpc) is 2.97. The molecular weight excluding hydrogens is 242 g/mol. The molecular formula is C15H19NO3. The minimum atomic E-state index is 0.244. The van der Waals surface area contributed by atoms with E-state index in [4.69, 9.17) is 9.47 Å². The molecule has 1 aliphatic heterocycles. The summed E-state index contributed by atoms with van der Waals surface area (Å²) >= 11 is 0. The largest absolute Gasteiger partial charge is 0.454 e. The van der Waals surface area contributed by atoms with Gasteiger partial charge in [-0.25, -0.2) is 0 Å². The fourth-order valence-electron chi connectivity index (χ4n) is 2.51. The van der Waals surface area contributed by atoms with Crippen LogP contribution in [-0.2, 0) is 11.3 Å². The number of carbonyl (C=O) groups excluding carboxylic acids is 1. The molecule has 0 saturated heterocycles. The lowest BCUT2D eigenvalue weighted by atomic mass is 10.1. The predicted molar refractivity (Wildman–Crippen MR) is 70.9 cm³/mol. The Labute approximate surface area is 113 Å². The van der Waals surface area contributed by atoms with Crippen molar-refractivity contribution >= 4 is 5.91 Å². The smallest absolute Gasteiger partial charge is 0.231 e. The summed E-state index contributed by atoms with van der Waals surface area (Å²) in [4.78, 5) is 14.2. The highest BCUT2D eigenvalue weighted by molar-refractivity contribution is 5.81. The van der Waals surface area contributed by atoms with Crippen LogP contribution in [0.2, 0.25) is 0 Å². The third-order valence-electron chi connectivity index (χ3n) is 3.93. The molecule has 0 bridgehead atoms. The molecule has 0 aromatic heterocycles. The first-order valence-electron chi connectivity index (χ1n) is 6.86. The van der Waals surface area contributed by atoms with Crippen molar-refractivity contribution in [2.75, 3.05) is 13.3 Å². The molecule has 3 rings (SSSR count). The number of carbonyl (C=O) groups is 1. The predicted octanol–water partition coefficient (Wildman–Crippen LogP) is 2.42. The van der Waals surface area contributed by atoms with E-state index in [1.54, 1.807) is 0 Å². The van der Waals surface area contributed by atoms with E-state index in [1.165, 1.54) is 0 Å². The zero-order valence-corrected chi connectivity index (χ0v) is 11.4. The SMILES string of the molecule is CCN(Cc1ccc2c(c1)OCO2)C(=O)C1CC1C. The van der Waals surface area contributed by atoms with Gasteiger partial charge in [0.25, 0.3) is 0 Å². The number of nitrogens with zero attached hydrogens (tertiary/aromatic N) is 1. The monoisotopic (exact) mass is 261 g/mol. The number of benzene rings is 1. The molecule has 1 aliphatic carbocycles. The lowest BCUT2D eigenvalue weighted by Crippen LogP contribution is -2.31. The van der Waals surface area contributed by atoms with E-state index < -0.39 is 0 Å². The maximum absolute atomic E-state index is 12.3. The lowest BCUT2D eigenvalue weighted by Gasteiger charge is -2.21. The van der Waals surface area contributed by atoms with Crippen LogP contribution in [0.3, 0.4) is 0 Å². The van der Waals surface area contributed by atoms with Gasteiger partial charge in [0.1, 0.15) is 0 Å². The molecule has 1 aromatic carbocycles. The van der Waals surface area contributed by atoms with Gasteiger partial charge in [0.15, 0.2) is 11.5 Å². The fraction of sp³-hybridized carbons (Fsp3) is 0.533. The van der Waals surface area contributed by atoms with Crippen LogP contribution in [0.25, 0.3) is 0 Å². The highest BCUT2D eigenvalue weighted by Crippen LogP contribution is 2.39. The topological polar surface area (TPSA) is 38.8 Å². The van der Waals surface area contributed by atoms with Crippen LogP contribution >= 0.6 is 0 Å². The van der Waals surface area contributed by atoms with Crippen molar-refractivity contribution in [1.82, 2.24) is 4.90 Å². The zero-order valence-electron chi connectivity index (χ0n) is 11.4. The van der Waals surface area contributed by atoms with Crippen molar-refractivity contribution in [3.05, 3.63) is 23.8 Å². The van der Waals surface area contributed by atoms with E-state index in [0.717, 1.165) is 30.0 Å². The molecule has 2 aliphatic rings. The Balaban J connectivity index is 1.70. The lowest BCUT2D eigenvalue weighted by molar-refractivity contribution is -0.133. The van der Waals surface area contributed by atoms with Crippen LogP contribution in [0.4, 0.5) is 0 Å². The second-order valence-electron chi connectivity index (χ2n) is 5.36. The number of amides is 1. The molecule has 19 heavy (non-hydrogen) atoms. The summed E-state index contributed by atoms with van der Waals surface area (Å²) in [6.45, 7) is 5.84. The molecule has 0 spiro atoms. The van der Waals surface area contributed by atoms with Crippen molar-refractivity contribution in [1.29, 1.82) is 0 Å². The third-order valence-corrected chi connectivity index (χ3v) is 3.93. The van der Waals surface area contributed by atoms with Crippen LogP contribution in [0, 0.1) is 11.8 Å². The van der Waals surface area contributed by atoms with Crippen LogP contribution in [0.15, 0.2) is 18.2 Å². The Morgan fingerprint density at radius 2 is 2.11 bits per heavy atom.